The van der Waals surface area contributed by atoms with Crippen molar-refractivity contribution in [3.05, 3.63) is 58.6 Å². The lowest BCUT2D eigenvalue weighted by atomic mass is 9.73. The highest BCUT2D eigenvalue weighted by Gasteiger charge is 2.41. The Morgan fingerprint density at radius 1 is 1.23 bits per heavy atom. The molecule has 0 saturated heterocycles. The van der Waals surface area contributed by atoms with Crippen LogP contribution in [0.4, 0.5) is 5.95 Å². The topological polar surface area (TPSA) is 69.0 Å². The molecule has 3 heterocycles. The van der Waals surface area contributed by atoms with E-state index in [4.69, 9.17) is 14.8 Å². The third-order valence-corrected chi connectivity index (χ3v) is 6.45. The Morgan fingerprint density at radius 2 is 2.03 bits per heavy atom. The highest BCUT2D eigenvalue weighted by molar-refractivity contribution is 7.13. The van der Waals surface area contributed by atoms with Crippen LogP contribution in [0.3, 0.4) is 0 Å². The van der Waals surface area contributed by atoms with Gasteiger partial charge in [-0.1, -0.05) is 32.0 Å². The van der Waals surface area contributed by atoms with Gasteiger partial charge in [0, 0.05) is 17.7 Å². The highest BCUT2D eigenvalue weighted by atomic mass is 32.1. The zero-order valence-corrected chi connectivity index (χ0v) is 18.1. The maximum atomic E-state index is 13.3. The number of carbonyl (C=O) groups is 1. The molecule has 6 nitrogen and oxygen atoms in total. The number of benzene rings is 1. The van der Waals surface area contributed by atoms with Gasteiger partial charge in [0.2, 0.25) is 5.95 Å². The summed E-state index contributed by atoms with van der Waals surface area (Å²) in [5, 5.41) is 10.3. The summed E-state index contributed by atoms with van der Waals surface area (Å²) in [4.78, 5) is 19.0. The van der Waals surface area contributed by atoms with Crippen molar-refractivity contribution < 1.29 is 9.53 Å². The Kier molecular flexibility index (Phi) is 4.50. The summed E-state index contributed by atoms with van der Waals surface area (Å²) in [6.45, 7) is 6.86. The third-order valence-electron chi connectivity index (χ3n) is 5.58. The number of carbonyl (C=O) groups excluding carboxylic acids is 1. The van der Waals surface area contributed by atoms with Gasteiger partial charge in [0.1, 0.15) is 11.8 Å². The van der Waals surface area contributed by atoms with Crippen molar-refractivity contribution in [2.45, 2.75) is 39.7 Å². The molecule has 1 aliphatic carbocycles. The van der Waals surface area contributed by atoms with E-state index in [-0.39, 0.29) is 17.2 Å². The molecule has 1 atom stereocenters. The molecule has 1 N–H and O–H groups in total. The first-order valence-corrected chi connectivity index (χ1v) is 11.1. The van der Waals surface area contributed by atoms with Crippen molar-refractivity contribution in [1.29, 1.82) is 0 Å². The fourth-order valence-electron chi connectivity index (χ4n) is 4.34. The van der Waals surface area contributed by atoms with Gasteiger partial charge in [0.05, 0.1) is 11.5 Å². The second-order valence-electron chi connectivity index (χ2n) is 8.54. The largest absolute Gasteiger partial charge is 0.494 e. The predicted octanol–water partition coefficient (Wildman–Crippen LogP) is 5.06. The van der Waals surface area contributed by atoms with Crippen LogP contribution >= 0.6 is 11.3 Å². The van der Waals surface area contributed by atoms with E-state index in [1.165, 1.54) is 0 Å². The van der Waals surface area contributed by atoms with Gasteiger partial charge in [-0.15, -0.1) is 16.4 Å². The SMILES string of the molecule is CCOc1ccc(C2C3=C(CC(C)(C)CC3=O)Nc3nc(-c4cccs4)nn32)cc1. The van der Waals surface area contributed by atoms with Crippen LogP contribution in [0.25, 0.3) is 10.7 Å². The number of hydrogen-bond donors (Lipinski definition) is 1. The standard InChI is InChI=1S/C23H24N4O2S/c1-4-29-15-9-7-14(8-10-15)20-19-16(12-23(2,3)13-17(19)28)24-22-25-21(26-27(20)22)18-6-5-11-30-18/h5-11,20H,4,12-13H2,1-3H3,(H,24,25,26). The van der Waals surface area contributed by atoms with Crippen LogP contribution in [-0.4, -0.2) is 27.2 Å². The quantitative estimate of drug-likeness (QED) is 0.639. The summed E-state index contributed by atoms with van der Waals surface area (Å²) in [6, 6.07) is 11.7. The molecule has 1 unspecified atom stereocenters. The zero-order chi connectivity index (χ0) is 20.9. The molecule has 5 rings (SSSR count). The van der Waals surface area contributed by atoms with Crippen LogP contribution in [0.15, 0.2) is 53.0 Å². The van der Waals surface area contributed by atoms with Crippen LogP contribution in [0, 0.1) is 5.41 Å². The summed E-state index contributed by atoms with van der Waals surface area (Å²) < 4.78 is 7.46. The number of thiophene rings is 1. The number of fused-ring (bicyclic) bond motifs is 1. The van der Waals surface area contributed by atoms with Gasteiger partial charge >= 0.3 is 0 Å². The van der Waals surface area contributed by atoms with Gasteiger partial charge in [-0.25, -0.2) is 4.68 Å². The maximum absolute atomic E-state index is 13.3. The number of aromatic nitrogens is 3. The molecule has 30 heavy (non-hydrogen) atoms. The summed E-state index contributed by atoms with van der Waals surface area (Å²) in [5.74, 6) is 2.35. The van der Waals surface area contributed by atoms with Gasteiger partial charge in [0.25, 0.3) is 0 Å². The predicted molar refractivity (Wildman–Crippen MR) is 118 cm³/mol. The van der Waals surface area contributed by atoms with Gasteiger partial charge in [-0.05, 0) is 47.9 Å². The fraction of sp³-hybridized carbons (Fsp3) is 0.348. The van der Waals surface area contributed by atoms with Crippen molar-refractivity contribution in [1.82, 2.24) is 14.8 Å². The van der Waals surface area contributed by atoms with E-state index in [0.29, 0.717) is 24.8 Å². The molecule has 0 saturated carbocycles. The summed E-state index contributed by atoms with van der Waals surface area (Å²) >= 11 is 1.61. The number of allylic oxidation sites excluding steroid dienone is 2. The summed E-state index contributed by atoms with van der Waals surface area (Å²) in [7, 11) is 0. The van der Waals surface area contributed by atoms with Crippen molar-refractivity contribution in [3.63, 3.8) is 0 Å². The fourth-order valence-corrected chi connectivity index (χ4v) is 4.99. The van der Waals surface area contributed by atoms with Gasteiger partial charge in [-0.2, -0.15) is 4.98 Å². The van der Waals surface area contributed by atoms with Crippen LogP contribution in [-0.2, 0) is 4.79 Å². The molecule has 0 bridgehead atoms. The number of anilines is 1. The molecule has 0 spiro atoms. The number of ether oxygens (including phenoxy) is 1. The second kappa shape index (κ2) is 7.09. The molecule has 2 aliphatic rings. The number of rotatable bonds is 4. The zero-order valence-electron chi connectivity index (χ0n) is 17.3. The lowest BCUT2D eigenvalue weighted by Gasteiger charge is -2.38. The first kappa shape index (κ1) is 19.1. The van der Waals surface area contributed by atoms with Crippen LogP contribution < -0.4 is 10.1 Å². The minimum Gasteiger partial charge on any atom is -0.494 e. The summed E-state index contributed by atoms with van der Waals surface area (Å²) in [6.07, 6.45) is 1.34. The second-order valence-corrected chi connectivity index (χ2v) is 9.49. The van der Waals surface area contributed by atoms with E-state index < -0.39 is 0 Å². The van der Waals surface area contributed by atoms with Crippen molar-refractivity contribution >= 4 is 23.1 Å². The molecule has 1 aromatic carbocycles. The van der Waals surface area contributed by atoms with E-state index in [1.54, 1.807) is 11.3 Å². The van der Waals surface area contributed by atoms with Crippen molar-refractivity contribution in [3.8, 4) is 16.5 Å². The third kappa shape index (κ3) is 3.23. The lowest BCUT2D eigenvalue weighted by Crippen LogP contribution is -2.36. The van der Waals surface area contributed by atoms with Crippen LogP contribution in [0.1, 0.15) is 45.2 Å². The van der Waals surface area contributed by atoms with Crippen molar-refractivity contribution in [2.24, 2.45) is 5.41 Å². The number of nitrogens with one attached hydrogen (secondary N) is 1. The number of ketones is 1. The van der Waals surface area contributed by atoms with Crippen molar-refractivity contribution in [2.75, 3.05) is 11.9 Å². The Labute approximate surface area is 179 Å². The molecular formula is C23H24N4O2S. The summed E-state index contributed by atoms with van der Waals surface area (Å²) in [5.41, 5.74) is 2.69. The van der Waals surface area contributed by atoms with E-state index >= 15 is 0 Å². The van der Waals surface area contributed by atoms with Gasteiger partial charge in [-0.3, -0.25) is 4.79 Å². The van der Waals surface area contributed by atoms with Gasteiger partial charge < -0.3 is 10.1 Å². The molecule has 3 aromatic rings. The smallest absolute Gasteiger partial charge is 0.226 e. The minimum absolute atomic E-state index is 0.0783. The Morgan fingerprint density at radius 3 is 2.73 bits per heavy atom. The first-order chi connectivity index (χ1) is 14.4. The van der Waals surface area contributed by atoms with E-state index in [1.807, 2.05) is 53.4 Å². The molecule has 0 amide bonds. The first-order valence-electron chi connectivity index (χ1n) is 10.2. The molecule has 1 aliphatic heterocycles. The van der Waals surface area contributed by atoms with Crippen LogP contribution in [0.2, 0.25) is 0 Å². The molecule has 7 heteroatoms. The molecule has 0 radical (unpaired) electrons. The van der Waals surface area contributed by atoms with E-state index in [0.717, 1.165) is 33.9 Å². The maximum Gasteiger partial charge on any atom is 0.226 e. The number of nitrogens with zero attached hydrogens (tertiary/aromatic N) is 3. The van der Waals surface area contributed by atoms with E-state index in [9.17, 15) is 4.79 Å². The lowest BCUT2D eigenvalue weighted by molar-refractivity contribution is -0.118. The Bertz CT molecular complexity index is 1130. The molecule has 0 fully saturated rings. The normalized spacial score (nSPS) is 19.8. The molecular weight excluding hydrogens is 396 g/mol. The van der Waals surface area contributed by atoms with Crippen LogP contribution in [0.5, 0.6) is 5.75 Å². The average Bonchev–Trinajstić information content (AvgIpc) is 3.36. The van der Waals surface area contributed by atoms with Gasteiger partial charge in [0.15, 0.2) is 11.6 Å². The monoisotopic (exact) mass is 420 g/mol. The number of Topliss-reactive ketones (excluding diaryl/α,β-unsaturated/α-hetero) is 1. The highest BCUT2D eigenvalue weighted by Crippen LogP contribution is 2.46. The molecule has 2 aromatic heterocycles. The minimum atomic E-state index is -0.295. The molecule has 154 valence electrons. The Hall–Kier alpha value is -2.93. The Balaban J connectivity index is 1.64. The van der Waals surface area contributed by atoms with E-state index in [2.05, 4.69) is 19.2 Å². The number of hydrogen-bond acceptors (Lipinski definition) is 6. The average molecular weight is 421 g/mol.